The summed E-state index contributed by atoms with van der Waals surface area (Å²) in [6.45, 7) is 0. The van der Waals surface area contributed by atoms with Gasteiger partial charge in [-0.15, -0.1) is 0 Å². The summed E-state index contributed by atoms with van der Waals surface area (Å²) in [6, 6.07) is 6.22. The van der Waals surface area contributed by atoms with E-state index in [-0.39, 0.29) is 10.7 Å². The van der Waals surface area contributed by atoms with Crippen LogP contribution >= 0.6 is 34.2 Å². The number of alkyl halides is 3. The zero-order chi connectivity index (χ0) is 11.5. The fraction of sp³-hybridized carbons (Fsp3) is 0.222. The summed E-state index contributed by atoms with van der Waals surface area (Å²) in [6.07, 6.45) is 0. The molecule has 1 rings (SSSR count). The van der Waals surface area contributed by atoms with Crippen LogP contribution in [0.2, 0.25) is 5.02 Å². The van der Waals surface area contributed by atoms with Crippen molar-refractivity contribution in [2.24, 2.45) is 0 Å². The third-order valence-electron chi connectivity index (χ3n) is 1.62. The van der Waals surface area contributed by atoms with Gasteiger partial charge in [0, 0.05) is 0 Å². The molecule has 0 aliphatic heterocycles. The van der Waals surface area contributed by atoms with Crippen LogP contribution in [-0.4, -0.2) is 16.3 Å². The van der Waals surface area contributed by atoms with Crippen LogP contribution < -0.4 is 5.32 Å². The molecule has 1 N–H and O–H groups in total. The molecule has 0 radical (unpaired) electrons. The summed E-state index contributed by atoms with van der Waals surface area (Å²) in [7, 11) is 0. The van der Waals surface area contributed by atoms with Gasteiger partial charge in [-0.25, -0.2) is 0 Å². The van der Waals surface area contributed by atoms with Crippen LogP contribution in [-0.2, 0) is 4.79 Å². The first-order valence-electron chi connectivity index (χ1n) is 3.97. The minimum atomic E-state index is -3.38. The van der Waals surface area contributed by atoms with Crippen molar-refractivity contribution in [2.45, 2.75) is 5.92 Å². The first kappa shape index (κ1) is 12.6. The van der Waals surface area contributed by atoms with Crippen molar-refractivity contribution in [3.05, 3.63) is 29.3 Å². The zero-order valence-corrected chi connectivity index (χ0v) is 10.4. The second-order valence-corrected chi connectivity index (χ2v) is 3.94. The van der Waals surface area contributed by atoms with E-state index >= 15 is 0 Å². The third-order valence-corrected chi connectivity index (χ3v) is 2.91. The number of para-hydroxylation sites is 1. The van der Waals surface area contributed by atoms with Crippen LogP contribution in [0.4, 0.5) is 14.5 Å². The molecule has 0 unspecified atom stereocenters. The number of carbonyl (C=O) groups is 1. The smallest absolute Gasteiger partial charge is 0.319 e. The summed E-state index contributed by atoms with van der Waals surface area (Å²) >= 11 is 7.15. The van der Waals surface area contributed by atoms with Gasteiger partial charge < -0.3 is 5.32 Å². The Morgan fingerprint density at radius 1 is 1.47 bits per heavy atom. The molecule has 1 aromatic rings. The molecule has 2 nitrogen and oxygen atoms in total. The number of carbonyl (C=O) groups excluding carboxylic acids is 1. The topological polar surface area (TPSA) is 29.1 Å². The highest BCUT2D eigenvalue weighted by molar-refractivity contribution is 14.1. The normalized spacial score (nSPS) is 11.2. The van der Waals surface area contributed by atoms with E-state index in [0.29, 0.717) is 0 Å². The van der Waals surface area contributed by atoms with Crippen molar-refractivity contribution in [1.29, 1.82) is 0 Å². The third kappa shape index (κ3) is 3.27. The fourth-order valence-electron chi connectivity index (χ4n) is 0.837. The fourth-order valence-corrected chi connectivity index (χ4v) is 1.37. The molecule has 1 aromatic carbocycles. The summed E-state index contributed by atoms with van der Waals surface area (Å²) in [5.74, 6) is -4.72. The predicted octanol–water partition coefficient (Wildman–Crippen LogP) is 3.35. The summed E-state index contributed by atoms with van der Waals surface area (Å²) in [5.41, 5.74) is 0.189. The van der Waals surface area contributed by atoms with Gasteiger partial charge >= 0.3 is 5.92 Å². The molecule has 1 amide bonds. The summed E-state index contributed by atoms with van der Waals surface area (Å²) < 4.78 is 25.2. The van der Waals surface area contributed by atoms with Crippen LogP contribution in [0, 0.1) is 0 Å². The van der Waals surface area contributed by atoms with Crippen LogP contribution in [0.1, 0.15) is 0 Å². The standard InChI is InChI=1S/C9H7ClF2INO/c10-6-3-1-2-4-7(6)14-8(15)9(11,12)5-13/h1-4H,5H2,(H,14,15). The van der Waals surface area contributed by atoms with E-state index in [1.807, 2.05) is 0 Å². The molecule has 6 heteroatoms. The number of benzene rings is 1. The largest absolute Gasteiger partial charge is 0.333 e. The van der Waals surface area contributed by atoms with Gasteiger partial charge in [0.05, 0.1) is 15.1 Å². The van der Waals surface area contributed by atoms with E-state index in [2.05, 4.69) is 5.32 Å². The molecule has 0 heterocycles. The number of nitrogens with one attached hydrogen (secondary N) is 1. The van der Waals surface area contributed by atoms with E-state index in [1.54, 1.807) is 12.1 Å². The van der Waals surface area contributed by atoms with Gasteiger partial charge in [-0.05, 0) is 12.1 Å². The summed E-state index contributed by atoms with van der Waals surface area (Å²) in [4.78, 5) is 11.1. The maximum atomic E-state index is 12.9. The van der Waals surface area contributed by atoms with E-state index in [9.17, 15) is 13.6 Å². The van der Waals surface area contributed by atoms with Gasteiger partial charge in [0.2, 0.25) is 0 Å². The molecule has 0 saturated carbocycles. The lowest BCUT2D eigenvalue weighted by molar-refractivity contribution is -0.136. The molecule has 0 atom stereocenters. The van der Waals surface area contributed by atoms with Gasteiger partial charge in [0.1, 0.15) is 0 Å². The number of hydrogen-bond donors (Lipinski definition) is 1. The number of halogens is 4. The van der Waals surface area contributed by atoms with Gasteiger partial charge in [0.15, 0.2) is 0 Å². The highest BCUT2D eigenvalue weighted by atomic mass is 127. The second kappa shape index (κ2) is 5.07. The Kier molecular flexibility index (Phi) is 4.27. The van der Waals surface area contributed by atoms with Crippen LogP contribution in [0.3, 0.4) is 0 Å². The molecule has 15 heavy (non-hydrogen) atoms. The molecular formula is C9H7ClF2INO. The lowest BCUT2D eigenvalue weighted by Crippen LogP contribution is -2.36. The van der Waals surface area contributed by atoms with E-state index in [4.69, 9.17) is 11.6 Å². The van der Waals surface area contributed by atoms with Crippen LogP contribution in [0.5, 0.6) is 0 Å². The van der Waals surface area contributed by atoms with Crippen molar-refractivity contribution >= 4 is 45.8 Å². The molecule has 0 bridgehead atoms. The van der Waals surface area contributed by atoms with E-state index < -0.39 is 16.3 Å². The Bertz CT molecular complexity index is 373. The molecule has 0 saturated heterocycles. The molecule has 0 aliphatic carbocycles. The Morgan fingerprint density at radius 3 is 2.60 bits per heavy atom. The van der Waals surface area contributed by atoms with Gasteiger partial charge in [-0.3, -0.25) is 4.79 Å². The number of rotatable bonds is 3. The highest BCUT2D eigenvalue weighted by Gasteiger charge is 2.37. The van der Waals surface area contributed by atoms with Crippen molar-refractivity contribution < 1.29 is 13.6 Å². The minimum absolute atomic E-state index is 0.189. The molecular weight excluding hydrogens is 338 g/mol. The van der Waals surface area contributed by atoms with Crippen molar-refractivity contribution in [3.63, 3.8) is 0 Å². The van der Waals surface area contributed by atoms with Gasteiger partial charge in [-0.1, -0.05) is 46.3 Å². The lowest BCUT2D eigenvalue weighted by atomic mass is 10.3. The zero-order valence-electron chi connectivity index (χ0n) is 7.44. The van der Waals surface area contributed by atoms with Crippen LogP contribution in [0.25, 0.3) is 0 Å². The number of amides is 1. The predicted molar refractivity (Wildman–Crippen MR) is 63.9 cm³/mol. The first-order chi connectivity index (χ1) is 6.97. The van der Waals surface area contributed by atoms with Crippen molar-refractivity contribution in [2.75, 3.05) is 9.74 Å². The maximum absolute atomic E-state index is 12.9. The Labute approximate surface area is 104 Å². The minimum Gasteiger partial charge on any atom is -0.319 e. The molecule has 82 valence electrons. The highest BCUT2D eigenvalue weighted by Crippen LogP contribution is 2.24. The van der Waals surface area contributed by atoms with Gasteiger partial charge in [0.25, 0.3) is 5.91 Å². The second-order valence-electron chi connectivity index (χ2n) is 2.77. The van der Waals surface area contributed by atoms with E-state index in [1.165, 1.54) is 34.7 Å². The Balaban J connectivity index is 2.80. The SMILES string of the molecule is O=C(Nc1ccccc1Cl)C(F)(F)CI. The molecule has 0 aliphatic rings. The number of hydrogen-bond acceptors (Lipinski definition) is 1. The van der Waals surface area contributed by atoms with Crippen molar-refractivity contribution in [3.8, 4) is 0 Å². The average molecular weight is 346 g/mol. The number of anilines is 1. The summed E-state index contributed by atoms with van der Waals surface area (Å²) in [5, 5.41) is 2.31. The van der Waals surface area contributed by atoms with Gasteiger partial charge in [-0.2, -0.15) is 8.78 Å². The lowest BCUT2D eigenvalue weighted by Gasteiger charge is -2.13. The van der Waals surface area contributed by atoms with Crippen molar-refractivity contribution in [1.82, 2.24) is 0 Å². The molecule has 0 fully saturated rings. The first-order valence-corrected chi connectivity index (χ1v) is 5.87. The average Bonchev–Trinajstić information content (AvgIpc) is 2.21. The van der Waals surface area contributed by atoms with E-state index in [0.717, 1.165) is 0 Å². The maximum Gasteiger partial charge on any atom is 0.333 e. The quantitative estimate of drug-likeness (QED) is 0.661. The molecule has 0 aromatic heterocycles. The van der Waals surface area contributed by atoms with Crippen LogP contribution in [0.15, 0.2) is 24.3 Å². The Morgan fingerprint density at radius 2 is 2.07 bits per heavy atom. The monoisotopic (exact) mass is 345 g/mol. The molecule has 0 spiro atoms. The Hall–Kier alpha value is -0.430.